The number of rotatable bonds is 4. The van der Waals surface area contributed by atoms with Gasteiger partial charge in [-0.2, -0.15) is 0 Å². The molecule has 2 aliphatic rings. The van der Waals surface area contributed by atoms with Crippen LogP contribution in [0.3, 0.4) is 0 Å². The van der Waals surface area contributed by atoms with Crippen molar-refractivity contribution in [2.45, 2.75) is 13.0 Å². The third-order valence-electron chi connectivity index (χ3n) is 4.15. The minimum Gasteiger partial charge on any atom is -0.463 e. The third kappa shape index (κ3) is 2.87. The fourth-order valence-corrected chi connectivity index (χ4v) is 4.79. The molecule has 1 amide bonds. The number of amidine groups is 1. The summed E-state index contributed by atoms with van der Waals surface area (Å²) >= 11 is 2.92. The van der Waals surface area contributed by atoms with Crippen molar-refractivity contribution in [2.75, 3.05) is 12.4 Å². The van der Waals surface area contributed by atoms with Crippen LogP contribution in [0.2, 0.25) is 0 Å². The number of carbonyl (C=O) groups excluding carboxylic acids is 2. The highest BCUT2D eigenvalue weighted by Crippen LogP contribution is 2.44. The third-order valence-corrected chi connectivity index (χ3v) is 6.01. The number of esters is 1. The first-order valence-electron chi connectivity index (χ1n) is 8.24. The van der Waals surface area contributed by atoms with Crippen molar-refractivity contribution in [3.63, 3.8) is 0 Å². The first kappa shape index (κ1) is 17.1. The van der Waals surface area contributed by atoms with E-state index in [4.69, 9.17) is 4.74 Å². The fraction of sp³-hybridized carbons (Fsp3) is 0.211. The Hall–Kier alpha value is -2.38. The maximum atomic E-state index is 12.9. The lowest BCUT2D eigenvalue weighted by molar-refractivity contribution is -0.139. The van der Waals surface area contributed by atoms with Crippen LogP contribution in [0.1, 0.15) is 23.4 Å². The molecule has 0 spiro atoms. The number of fused-ring (bicyclic) bond motifs is 1. The summed E-state index contributed by atoms with van der Waals surface area (Å²) in [5.74, 6) is -0.142. The monoisotopic (exact) mass is 384 g/mol. The largest absolute Gasteiger partial charge is 0.463 e. The second kappa shape index (κ2) is 7.09. The van der Waals surface area contributed by atoms with Crippen LogP contribution in [-0.2, 0) is 14.3 Å². The summed E-state index contributed by atoms with van der Waals surface area (Å²) in [6.07, 6.45) is 0. The highest BCUT2D eigenvalue weighted by Gasteiger charge is 2.44. The minimum absolute atomic E-state index is 0.0407. The number of amides is 1. The summed E-state index contributed by atoms with van der Waals surface area (Å²) < 4.78 is 5.34. The van der Waals surface area contributed by atoms with Crippen LogP contribution < -0.4 is 0 Å². The van der Waals surface area contributed by atoms with Crippen LogP contribution in [0.5, 0.6) is 0 Å². The van der Waals surface area contributed by atoms with Crippen molar-refractivity contribution < 1.29 is 14.3 Å². The molecular formula is C19H16N2O3S2. The van der Waals surface area contributed by atoms with E-state index in [0.29, 0.717) is 22.2 Å². The second-order valence-electron chi connectivity index (χ2n) is 5.71. The van der Waals surface area contributed by atoms with E-state index in [1.807, 2.05) is 47.8 Å². The molecule has 1 atom stereocenters. The van der Waals surface area contributed by atoms with Gasteiger partial charge in [-0.15, -0.1) is 11.3 Å². The van der Waals surface area contributed by atoms with Crippen LogP contribution >= 0.6 is 23.1 Å². The standard InChI is InChI=1S/C19H16N2O3S2/c1-2-24-18(23)15-16(12-7-4-3-5-8-12)20-19-21(14(22)11-26-19)17(15)13-9-6-10-25-13/h3-10,17H,2,11H2,1H3/t17-/m0/s1. The zero-order valence-electron chi connectivity index (χ0n) is 14.0. The van der Waals surface area contributed by atoms with Gasteiger partial charge in [0.2, 0.25) is 5.91 Å². The molecule has 0 radical (unpaired) electrons. The Bertz CT molecular complexity index is 904. The van der Waals surface area contributed by atoms with Gasteiger partial charge < -0.3 is 4.74 Å². The van der Waals surface area contributed by atoms with Gasteiger partial charge in [0.1, 0.15) is 6.04 Å². The van der Waals surface area contributed by atoms with Gasteiger partial charge >= 0.3 is 5.97 Å². The Morgan fingerprint density at radius 1 is 1.27 bits per heavy atom. The molecule has 1 fully saturated rings. The summed E-state index contributed by atoms with van der Waals surface area (Å²) in [7, 11) is 0. The summed E-state index contributed by atoms with van der Waals surface area (Å²) in [6.45, 7) is 2.04. The van der Waals surface area contributed by atoms with E-state index >= 15 is 0 Å². The topological polar surface area (TPSA) is 59.0 Å². The van der Waals surface area contributed by atoms with E-state index in [0.717, 1.165) is 10.4 Å². The molecule has 1 aromatic heterocycles. The first-order valence-corrected chi connectivity index (χ1v) is 10.1. The average Bonchev–Trinajstić information content (AvgIpc) is 3.31. The molecule has 1 saturated heterocycles. The molecule has 0 bridgehead atoms. The normalized spacial score (nSPS) is 19.4. The summed E-state index contributed by atoms with van der Waals surface area (Å²) in [5.41, 5.74) is 1.83. The van der Waals surface area contributed by atoms with Gasteiger partial charge in [0.15, 0.2) is 5.17 Å². The SMILES string of the molecule is CCOC(=O)C1=C(c2ccccc2)N=C2SCC(=O)N2[C@H]1c1cccs1. The van der Waals surface area contributed by atoms with Crippen LogP contribution in [0.4, 0.5) is 0 Å². The van der Waals surface area contributed by atoms with E-state index < -0.39 is 12.0 Å². The predicted octanol–water partition coefficient (Wildman–Crippen LogP) is 3.71. The molecule has 4 rings (SSSR count). The van der Waals surface area contributed by atoms with E-state index in [1.165, 1.54) is 23.1 Å². The van der Waals surface area contributed by atoms with Gasteiger partial charge in [-0.1, -0.05) is 48.2 Å². The van der Waals surface area contributed by atoms with Crippen LogP contribution in [0.25, 0.3) is 5.70 Å². The number of hydrogen-bond acceptors (Lipinski definition) is 6. The van der Waals surface area contributed by atoms with Gasteiger partial charge in [0, 0.05) is 10.4 Å². The van der Waals surface area contributed by atoms with Crippen molar-refractivity contribution >= 4 is 45.8 Å². The number of nitrogens with zero attached hydrogens (tertiary/aromatic N) is 2. The molecule has 3 heterocycles. The fourth-order valence-electron chi connectivity index (χ4n) is 3.08. The van der Waals surface area contributed by atoms with Gasteiger partial charge in [-0.05, 0) is 18.4 Å². The van der Waals surface area contributed by atoms with Gasteiger partial charge in [0.25, 0.3) is 0 Å². The maximum Gasteiger partial charge on any atom is 0.338 e. The number of benzene rings is 1. The molecule has 0 saturated carbocycles. The number of carbonyl (C=O) groups is 2. The predicted molar refractivity (Wildman–Crippen MR) is 104 cm³/mol. The zero-order valence-corrected chi connectivity index (χ0v) is 15.7. The van der Waals surface area contributed by atoms with Gasteiger partial charge in [-0.25, -0.2) is 9.79 Å². The van der Waals surface area contributed by atoms with Crippen molar-refractivity contribution in [3.8, 4) is 0 Å². The molecule has 1 aromatic carbocycles. The number of thioether (sulfide) groups is 1. The van der Waals surface area contributed by atoms with E-state index in [9.17, 15) is 9.59 Å². The van der Waals surface area contributed by atoms with Crippen molar-refractivity contribution in [2.24, 2.45) is 4.99 Å². The van der Waals surface area contributed by atoms with Crippen LogP contribution in [0, 0.1) is 0 Å². The van der Waals surface area contributed by atoms with Gasteiger partial charge in [0.05, 0.1) is 23.6 Å². The van der Waals surface area contributed by atoms with E-state index in [1.54, 1.807) is 11.8 Å². The van der Waals surface area contributed by atoms with Crippen molar-refractivity contribution in [1.29, 1.82) is 0 Å². The van der Waals surface area contributed by atoms with Crippen molar-refractivity contribution in [3.05, 3.63) is 63.9 Å². The average molecular weight is 384 g/mol. The first-order chi connectivity index (χ1) is 12.7. The molecule has 0 unspecified atom stereocenters. The maximum absolute atomic E-state index is 12.9. The molecule has 5 nitrogen and oxygen atoms in total. The van der Waals surface area contributed by atoms with E-state index in [-0.39, 0.29) is 12.5 Å². The lowest BCUT2D eigenvalue weighted by atomic mass is 9.96. The second-order valence-corrected chi connectivity index (χ2v) is 7.64. The highest BCUT2D eigenvalue weighted by molar-refractivity contribution is 8.15. The Morgan fingerprint density at radius 3 is 2.77 bits per heavy atom. The molecule has 7 heteroatoms. The summed E-state index contributed by atoms with van der Waals surface area (Å²) in [4.78, 5) is 32.7. The summed E-state index contributed by atoms with van der Waals surface area (Å²) in [6, 6.07) is 12.9. The lowest BCUT2D eigenvalue weighted by Gasteiger charge is -2.32. The number of hydrogen-bond donors (Lipinski definition) is 0. The van der Waals surface area contributed by atoms with Gasteiger partial charge in [-0.3, -0.25) is 9.69 Å². The number of aliphatic imine (C=N–C) groups is 1. The molecular weight excluding hydrogens is 368 g/mol. The minimum atomic E-state index is -0.501. The van der Waals surface area contributed by atoms with Crippen molar-refractivity contribution in [1.82, 2.24) is 4.90 Å². The quantitative estimate of drug-likeness (QED) is 0.754. The Labute approximate surface area is 159 Å². The zero-order chi connectivity index (χ0) is 18.1. The highest BCUT2D eigenvalue weighted by atomic mass is 32.2. The Morgan fingerprint density at radius 2 is 2.08 bits per heavy atom. The van der Waals surface area contributed by atoms with E-state index in [2.05, 4.69) is 4.99 Å². The Balaban J connectivity index is 1.96. The Kier molecular flexibility index (Phi) is 4.65. The smallest absolute Gasteiger partial charge is 0.338 e. The molecule has 0 N–H and O–H groups in total. The molecule has 2 aliphatic heterocycles. The number of ether oxygens (including phenoxy) is 1. The molecule has 26 heavy (non-hydrogen) atoms. The number of thiophene rings is 1. The molecule has 132 valence electrons. The summed E-state index contributed by atoms with van der Waals surface area (Å²) in [5, 5.41) is 2.58. The van der Waals surface area contributed by atoms with Crippen LogP contribution in [0.15, 0.2) is 58.4 Å². The molecule has 2 aromatic rings. The van der Waals surface area contributed by atoms with Crippen LogP contribution in [-0.4, -0.2) is 34.3 Å². The molecule has 0 aliphatic carbocycles. The lowest BCUT2D eigenvalue weighted by Crippen LogP contribution is -2.39.